The topological polar surface area (TPSA) is 70.5 Å². The van der Waals surface area contributed by atoms with Gasteiger partial charge in [-0.25, -0.2) is 13.9 Å². The van der Waals surface area contributed by atoms with Crippen molar-refractivity contribution in [2.24, 2.45) is 0 Å². The zero-order valence-corrected chi connectivity index (χ0v) is 11.7. The highest BCUT2D eigenvalue weighted by Crippen LogP contribution is 2.13. The van der Waals surface area contributed by atoms with Gasteiger partial charge in [0.25, 0.3) is 0 Å². The number of rotatable bonds is 3. The molecule has 0 saturated carbocycles. The minimum absolute atomic E-state index is 0.111. The molecular weight excluding hydrogens is 272 g/mol. The summed E-state index contributed by atoms with van der Waals surface area (Å²) < 4.78 is 9.05. The first-order chi connectivity index (χ1) is 10.2. The molecule has 0 aliphatic carbocycles. The van der Waals surface area contributed by atoms with Gasteiger partial charge in [0.15, 0.2) is 0 Å². The van der Waals surface area contributed by atoms with Crippen LogP contribution in [0.15, 0.2) is 46.2 Å². The van der Waals surface area contributed by atoms with Gasteiger partial charge in [-0.1, -0.05) is 0 Å². The number of ether oxygens (including phenoxy) is 1. The van der Waals surface area contributed by atoms with Gasteiger partial charge >= 0.3 is 11.2 Å². The molecule has 0 bridgehead atoms. The van der Waals surface area contributed by atoms with Gasteiger partial charge in [0.05, 0.1) is 7.11 Å². The van der Waals surface area contributed by atoms with Gasteiger partial charge in [0.1, 0.15) is 5.75 Å². The molecule has 0 radical (unpaired) electrons. The summed E-state index contributed by atoms with van der Waals surface area (Å²) in [5.74, 6) is 0.708. The SMILES string of the molecule is CCn1nc2c(=O)n(-c3ccc(OC)cc3)ccn2c1=O. The van der Waals surface area contributed by atoms with Gasteiger partial charge in [-0.15, -0.1) is 5.10 Å². The Labute approximate surface area is 119 Å². The first-order valence-electron chi connectivity index (χ1n) is 6.51. The largest absolute Gasteiger partial charge is 0.497 e. The van der Waals surface area contributed by atoms with Crippen molar-refractivity contribution in [2.45, 2.75) is 13.5 Å². The van der Waals surface area contributed by atoms with Crippen molar-refractivity contribution in [3.05, 3.63) is 57.5 Å². The van der Waals surface area contributed by atoms with E-state index in [9.17, 15) is 9.59 Å². The van der Waals surface area contributed by atoms with Crippen LogP contribution in [0.4, 0.5) is 0 Å². The molecule has 108 valence electrons. The molecular formula is C14H14N4O3. The molecule has 0 aliphatic rings. The van der Waals surface area contributed by atoms with E-state index in [2.05, 4.69) is 5.10 Å². The number of benzene rings is 1. The molecule has 7 nitrogen and oxygen atoms in total. The lowest BCUT2D eigenvalue weighted by atomic mass is 10.3. The van der Waals surface area contributed by atoms with Crippen LogP contribution in [0.1, 0.15) is 6.92 Å². The van der Waals surface area contributed by atoms with Crippen molar-refractivity contribution in [1.82, 2.24) is 18.7 Å². The molecule has 0 amide bonds. The number of aromatic nitrogens is 4. The van der Waals surface area contributed by atoms with E-state index < -0.39 is 0 Å². The Hall–Kier alpha value is -2.83. The molecule has 21 heavy (non-hydrogen) atoms. The summed E-state index contributed by atoms with van der Waals surface area (Å²) in [5.41, 5.74) is 0.139. The summed E-state index contributed by atoms with van der Waals surface area (Å²) >= 11 is 0. The minimum Gasteiger partial charge on any atom is -0.497 e. The first kappa shape index (κ1) is 13.2. The minimum atomic E-state index is -0.341. The molecule has 2 heterocycles. The van der Waals surface area contributed by atoms with Crippen LogP contribution < -0.4 is 16.0 Å². The summed E-state index contributed by atoms with van der Waals surface area (Å²) in [4.78, 5) is 24.4. The van der Waals surface area contributed by atoms with Gasteiger partial charge in [-0.3, -0.25) is 9.36 Å². The van der Waals surface area contributed by atoms with E-state index >= 15 is 0 Å². The van der Waals surface area contributed by atoms with Crippen LogP contribution in [0.2, 0.25) is 0 Å². The quantitative estimate of drug-likeness (QED) is 0.709. The van der Waals surface area contributed by atoms with Crippen LogP contribution in [0.25, 0.3) is 11.3 Å². The van der Waals surface area contributed by atoms with Crippen molar-refractivity contribution in [3.63, 3.8) is 0 Å². The Morgan fingerprint density at radius 3 is 2.48 bits per heavy atom. The molecule has 7 heteroatoms. The molecule has 0 N–H and O–H groups in total. The number of hydrogen-bond acceptors (Lipinski definition) is 4. The highest BCUT2D eigenvalue weighted by atomic mass is 16.5. The van der Waals surface area contributed by atoms with E-state index in [-0.39, 0.29) is 16.9 Å². The second kappa shape index (κ2) is 4.93. The van der Waals surface area contributed by atoms with Crippen LogP contribution in [-0.4, -0.2) is 25.9 Å². The number of hydrogen-bond donors (Lipinski definition) is 0. The Bertz CT molecular complexity index is 903. The van der Waals surface area contributed by atoms with Crippen LogP contribution in [0, 0.1) is 0 Å². The zero-order chi connectivity index (χ0) is 15.0. The van der Waals surface area contributed by atoms with Crippen molar-refractivity contribution in [3.8, 4) is 11.4 Å². The summed E-state index contributed by atoms with van der Waals surface area (Å²) in [5, 5.41) is 4.06. The number of nitrogens with zero attached hydrogens (tertiary/aromatic N) is 4. The van der Waals surface area contributed by atoms with Gasteiger partial charge in [-0.2, -0.15) is 0 Å². The molecule has 0 unspecified atom stereocenters. The van der Waals surface area contributed by atoms with Crippen molar-refractivity contribution < 1.29 is 4.74 Å². The maximum Gasteiger partial charge on any atom is 0.350 e. The fourth-order valence-electron chi connectivity index (χ4n) is 2.16. The fraction of sp³-hybridized carbons (Fsp3) is 0.214. The first-order valence-corrected chi connectivity index (χ1v) is 6.51. The molecule has 0 atom stereocenters. The van der Waals surface area contributed by atoms with Crippen molar-refractivity contribution >= 4 is 5.65 Å². The Kier molecular flexibility index (Phi) is 3.09. The second-order valence-corrected chi connectivity index (χ2v) is 4.46. The lowest BCUT2D eigenvalue weighted by Crippen LogP contribution is -2.23. The van der Waals surface area contributed by atoms with Gasteiger partial charge in [0, 0.05) is 24.6 Å². The van der Waals surface area contributed by atoms with Crippen LogP contribution >= 0.6 is 0 Å². The smallest absolute Gasteiger partial charge is 0.350 e. The summed E-state index contributed by atoms with van der Waals surface area (Å²) in [6, 6.07) is 7.07. The van der Waals surface area contributed by atoms with Gasteiger partial charge in [-0.05, 0) is 31.2 Å². The molecule has 1 aromatic carbocycles. The summed E-state index contributed by atoms with van der Waals surface area (Å²) in [6.07, 6.45) is 3.10. The monoisotopic (exact) mass is 286 g/mol. The fourth-order valence-corrected chi connectivity index (χ4v) is 2.16. The predicted octanol–water partition coefficient (Wildman–Crippen LogP) is 0.675. The second-order valence-electron chi connectivity index (χ2n) is 4.46. The molecule has 0 saturated heterocycles. The lowest BCUT2D eigenvalue weighted by molar-refractivity contribution is 0.414. The standard InChI is InChI=1S/C14H14N4O3/c1-3-18-14(20)17-9-8-16(13(19)12(17)15-18)10-4-6-11(21-2)7-5-10/h4-9H,3H2,1-2H3. The van der Waals surface area contributed by atoms with E-state index in [4.69, 9.17) is 4.74 Å². The molecule has 3 rings (SSSR count). The third kappa shape index (κ3) is 2.03. The van der Waals surface area contributed by atoms with Crippen LogP contribution in [0.3, 0.4) is 0 Å². The summed E-state index contributed by atoms with van der Waals surface area (Å²) in [6.45, 7) is 2.22. The predicted molar refractivity (Wildman–Crippen MR) is 77.3 cm³/mol. The van der Waals surface area contributed by atoms with E-state index in [1.54, 1.807) is 50.7 Å². The normalized spacial score (nSPS) is 11.0. The highest BCUT2D eigenvalue weighted by molar-refractivity contribution is 5.42. The van der Waals surface area contributed by atoms with E-state index in [1.165, 1.54) is 13.6 Å². The average molecular weight is 286 g/mol. The van der Waals surface area contributed by atoms with Crippen molar-refractivity contribution in [1.29, 1.82) is 0 Å². The van der Waals surface area contributed by atoms with E-state index in [0.29, 0.717) is 18.0 Å². The number of fused-ring (bicyclic) bond motifs is 1. The third-order valence-electron chi connectivity index (χ3n) is 3.30. The average Bonchev–Trinajstić information content (AvgIpc) is 2.85. The van der Waals surface area contributed by atoms with E-state index in [1.807, 2.05) is 0 Å². The zero-order valence-electron chi connectivity index (χ0n) is 11.7. The van der Waals surface area contributed by atoms with Gasteiger partial charge in [0.2, 0.25) is 5.65 Å². The molecule has 3 aromatic rings. The van der Waals surface area contributed by atoms with Crippen molar-refractivity contribution in [2.75, 3.05) is 7.11 Å². The molecule has 0 aliphatic heterocycles. The highest BCUT2D eigenvalue weighted by Gasteiger charge is 2.11. The number of methoxy groups -OCH3 is 1. The third-order valence-corrected chi connectivity index (χ3v) is 3.30. The maximum absolute atomic E-state index is 12.5. The Morgan fingerprint density at radius 2 is 1.86 bits per heavy atom. The van der Waals surface area contributed by atoms with E-state index in [0.717, 1.165) is 0 Å². The Morgan fingerprint density at radius 1 is 1.14 bits per heavy atom. The molecule has 0 fully saturated rings. The van der Waals surface area contributed by atoms with Crippen LogP contribution in [-0.2, 0) is 6.54 Å². The summed E-state index contributed by atoms with van der Waals surface area (Å²) in [7, 11) is 1.58. The number of aryl methyl sites for hydroxylation is 1. The van der Waals surface area contributed by atoms with Gasteiger partial charge < -0.3 is 4.74 Å². The molecule has 0 spiro atoms. The molecule has 2 aromatic heterocycles. The lowest BCUT2D eigenvalue weighted by Gasteiger charge is -2.06. The maximum atomic E-state index is 12.5. The van der Waals surface area contributed by atoms with Crippen LogP contribution in [0.5, 0.6) is 5.75 Å². The Balaban J connectivity index is 2.22.